The topological polar surface area (TPSA) is 204 Å². The van der Waals surface area contributed by atoms with Gasteiger partial charge in [-0.05, 0) is 67.7 Å². The summed E-state index contributed by atoms with van der Waals surface area (Å²) >= 11 is 0. The number of fused-ring (bicyclic) bond motifs is 3. The van der Waals surface area contributed by atoms with Gasteiger partial charge in [-0.1, -0.05) is 18.2 Å². The number of rotatable bonds is 4. The Morgan fingerprint density at radius 1 is 1.03 bits per heavy atom. The first-order valence-corrected chi connectivity index (χ1v) is 12.2. The number of phenolic OH excluding ortho intramolecular Hbond substituents is 1. The predicted molar refractivity (Wildman–Crippen MR) is 138 cm³/mol. The molecule has 0 heterocycles. The number of aliphatic hydroxyl groups excluding tert-OH is 2. The molecule has 0 fully saturated rings. The number of benzene rings is 2. The Hall–Kier alpha value is -4.48. The van der Waals surface area contributed by atoms with E-state index in [9.17, 15) is 39.6 Å². The van der Waals surface area contributed by atoms with Gasteiger partial charge < -0.3 is 31.9 Å². The van der Waals surface area contributed by atoms with Crippen molar-refractivity contribution in [2.75, 3.05) is 14.1 Å². The molecule has 5 rings (SSSR count). The van der Waals surface area contributed by atoms with Crippen LogP contribution in [0.1, 0.15) is 32.7 Å². The third-order valence-corrected chi connectivity index (χ3v) is 8.06. The Bertz CT molecular complexity index is 1560. The molecule has 0 bridgehead atoms. The Morgan fingerprint density at radius 2 is 1.72 bits per heavy atom. The molecule has 11 nitrogen and oxygen atoms in total. The van der Waals surface area contributed by atoms with Gasteiger partial charge in [0.25, 0.3) is 5.91 Å². The molecule has 39 heavy (non-hydrogen) atoms. The lowest BCUT2D eigenvalue weighted by Crippen LogP contribution is -2.63. The fourth-order valence-electron chi connectivity index (χ4n) is 6.36. The molecule has 11 heteroatoms. The summed E-state index contributed by atoms with van der Waals surface area (Å²) in [6.07, 6.45) is 0.0985. The van der Waals surface area contributed by atoms with Crippen LogP contribution in [0.3, 0.4) is 0 Å². The zero-order valence-electron chi connectivity index (χ0n) is 21.1. The number of carbonyl (C=O) groups is 4. The minimum atomic E-state index is -2.70. The van der Waals surface area contributed by atoms with Gasteiger partial charge in [-0.3, -0.25) is 24.1 Å². The number of allylic oxidation sites excluding steroid dienone is 1. The van der Waals surface area contributed by atoms with E-state index < -0.39 is 64.0 Å². The molecule has 202 valence electrons. The lowest BCUT2D eigenvalue weighted by molar-refractivity contribution is -0.148. The van der Waals surface area contributed by atoms with Gasteiger partial charge in [0.2, 0.25) is 11.7 Å². The van der Waals surface area contributed by atoms with Gasteiger partial charge in [-0.15, -0.1) is 0 Å². The molecule has 4 atom stereocenters. The molecule has 3 aliphatic rings. The maximum atomic E-state index is 13.8. The van der Waals surface area contributed by atoms with E-state index in [1.807, 2.05) is 0 Å². The molecule has 3 aliphatic carbocycles. The number of likely N-dealkylation sites (N-methyl/N-ethyl adjacent to an activating group) is 1. The van der Waals surface area contributed by atoms with Crippen molar-refractivity contribution in [3.63, 3.8) is 0 Å². The first kappa shape index (κ1) is 26.1. The summed E-state index contributed by atoms with van der Waals surface area (Å²) in [7, 11) is 3.13. The predicted octanol–water partition coefficient (Wildman–Crippen LogP) is 0.887. The minimum Gasteiger partial charge on any atom is -0.510 e. The number of hydrogen-bond donors (Lipinski definition) is 6. The van der Waals surface area contributed by atoms with E-state index in [2.05, 4.69) is 0 Å². The van der Waals surface area contributed by atoms with Crippen LogP contribution < -0.4 is 11.5 Å². The summed E-state index contributed by atoms with van der Waals surface area (Å²) in [4.78, 5) is 52.5. The van der Waals surface area contributed by atoms with Crippen LogP contribution in [0.2, 0.25) is 0 Å². The second kappa shape index (κ2) is 8.79. The number of aromatic hydroxyl groups is 1. The number of nitrogens with zero attached hydrogens (tertiary/aromatic N) is 1. The van der Waals surface area contributed by atoms with Gasteiger partial charge in [-0.25, -0.2) is 0 Å². The molecule has 4 unspecified atom stereocenters. The van der Waals surface area contributed by atoms with Crippen LogP contribution in [0.25, 0.3) is 11.1 Å². The van der Waals surface area contributed by atoms with Crippen LogP contribution in [0.15, 0.2) is 59.1 Å². The number of hydrogen-bond acceptors (Lipinski definition) is 9. The van der Waals surface area contributed by atoms with E-state index in [4.69, 9.17) is 11.5 Å². The van der Waals surface area contributed by atoms with E-state index >= 15 is 0 Å². The van der Waals surface area contributed by atoms with Crippen molar-refractivity contribution in [1.82, 2.24) is 4.90 Å². The van der Waals surface area contributed by atoms with Gasteiger partial charge in [-0.2, -0.15) is 0 Å². The summed E-state index contributed by atoms with van der Waals surface area (Å²) in [6, 6.07) is 8.31. The summed E-state index contributed by atoms with van der Waals surface area (Å²) < 4.78 is 0. The maximum Gasteiger partial charge on any atom is 0.255 e. The number of amides is 2. The van der Waals surface area contributed by atoms with Crippen LogP contribution in [0.5, 0.6) is 5.75 Å². The lowest BCUT2D eigenvalue weighted by atomic mass is 9.58. The van der Waals surface area contributed by atoms with E-state index in [0.717, 1.165) is 0 Å². The summed E-state index contributed by atoms with van der Waals surface area (Å²) in [6.45, 7) is 0. The summed E-state index contributed by atoms with van der Waals surface area (Å²) in [5, 5.41) is 44.6. The van der Waals surface area contributed by atoms with Crippen LogP contribution in [-0.2, 0) is 16.0 Å². The second-order valence-electron chi connectivity index (χ2n) is 10.4. The van der Waals surface area contributed by atoms with Gasteiger partial charge in [0, 0.05) is 17.1 Å². The largest absolute Gasteiger partial charge is 0.510 e. The third-order valence-electron chi connectivity index (χ3n) is 8.06. The molecule has 2 aromatic carbocycles. The number of primary amides is 2. The molecule has 0 saturated heterocycles. The van der Waals surface area contributed by atoms with E-state index in [1.165, 1.54) is 11.0 Å². The third kappa shape index (κ3) is 3.57. The Balaban J connectivity index is 1.72. The molecule has 0 aromatic heterocycles. The molecular formula is C28H27N3O8. The van der Waals surface area contributed by atoms with Crippen molar-refractivity contribution in [2.24, 2.45) is 23.3 Å². The average Bonchev–Trinajstić information content (AvgIpc) is 2.86. The minimum absolute atomic E-state index is 0.0256. The number of ketones is 2. The van der Waals surface area contributed by atoms with Crippen molar-refractivity contribution in [2.45, 2.75) is 24.5 Å². The van der Waals surface area contributed by atoms with E-state index in [-0.39, 0.29) is 35.3 Å². The molecule has 0 saturated carbocycles. The quantitative estimate of drug-likeness (QED) is 0.308. The Kier molecular flexibility index (Phi) is 5.89. The standard InChI is InChI=1S/C28H27N3O8/c1-31(2)21-16-10-13-9-15-14(11-4-3-5-12(8-11)26(29)37)6-7-17(32)19(15)22(33)18(13)24(35)28(16,39)25(36)20(23(21)34)27(30)38/h3-8,13,16,21,32,34-35,39H,9-10H2,1-2H3,(H2,29,37)(H2,30,38). The van der Waals surface area contributed by atoms with Crippen molar-refractivity contribution in [3.05, 3.63) is 75.8 Å². The van der Waals surface area contributed by atoms with Crippen LogP contribution in [0.4, 0.5) is 0 Å². The Labute approximate surface area is 222 Å². The summed E-state index contributed by atoms with van der Waals surface area (Å²) in [5.41, 5.74) is 8.70. The molecule has 0 radical (unpaired) electrons. The fraction of sp³-hybridized carbons (Fsp3) is 0.286. The molecule has 0 spiro atoms. The smallest absolute Gasteiger partial charge is 0.255 e. The fourth-order valence-corrected chi connectivity index (χ4v) is 6.36. The molecule has 2 amide bonds. The van der Waals surface area contributed by atoms with E-state index in [0.29, 0.717) is 16.7 Å². The molecule has 0 aliphatic heterocycles. The maximum absolute atomic E-state index is 13.8. The number of nitrogens with two attached hydrogens (primary N) is 2. The first-order valence-electron chi connectivity index (χ1n) is 12.2. The van der Waals surface area contributed by atoms with Gasteiger partial charge in [0.15, 0.2) is 11.4 Å². The Morgan fingerprint density at radius 3 is 2.33 bits per heavy atom. The second-order valence-corrected chi connectivity index (χ2v) is 10.4. The highest BCUT2D eigenvalue weighted by Gasteiger charge is 2.63. The van der Waals surface area contributed by atoms with Gasteiger partial charge >= 0.3 is 0 Å². The number of phenols is 1. The average molecular weight is 534 g/mol. The number of carbonyl (C=O) groups excluding carboxylic acids is 4. The zero-order valence-corrected chi connectivity index (χ0v) is 21.1. The van der Waals surface area contributed by atoms with Crippen LogP contribution in [0, 0.1) is 11.8 Å². The summed E-state index contributed by atoms with van der Waals surface area (Å²) in [5.74, 6) is -7.76. The molecule has 2 aromatic rings. The van der Waals surface area contributed by atoms with Gasteiger partial charge in [0.1, 0.15) is 22.8 Å². The van der Waals surface area contributed by atoms with Crippen molar-refractivity contribution in [1.29, 1.82) is 0 Å². The van der Waals surface area contributed by atoms with Gasteiger partial charge in [0.05, 0.1) is 11.6 Å². The normalized spacial score (nSPS) is 26.3. The zero-order chi connectivity index (χ0) is 28.5. The molecular weight excluding hydrogens is 506 g/mol. The van der Waals surface area contributed by atoms with Crippen molar-refractivity contribution in [3.8, 4) is 16.9 Å². The lowest BCUT2D eigenvalue weighted by Gasteiger charge is -2.50. The number of Topliss-reactive ketones (excluding diaryl/α,β-unsaturated/α-hetero) is 2. The highest BCUT2D eigenvalue weighted by atomic mass is 16.3. The van der Waals surface area contributed by atoms with Crippen LogP contribution in [-0.4, -0.2) is 74.4 Å². The highest BCUT2D eigenvalue weighted by Crippen LogP contribution is 2.53. The van der Waals surface area contributed by atoms with Crippen molar-refractivity contribution < 1.29 is 39.6 Å². The van der Waals surface area contributed by atoms with E-state index in [1.54, 1.807) is 44.4 Å². The number of aliphatic hydroxyl groups is 3. The molecule has 8 N–H and O–H groups in total. The van der Waals surface area contributed by atoms with Crippen LogP contribution >= 0.6 is 0 Å². The monoisotopic (exact) mass is 533 g/mol. The highest BCUT2D eigenvalue weighted by molar-refractivity contribution is 6.25. The SMILES string of the molecule is CN(C)C1C(O)=C(C(N)=O)C(=O)C2(O)C(O)=C3C(=O)c4c(O)ccc(-c5cccc(C(N)=O)c5)c4CC3CC12. The first-order chi connectivity index (χ1) is 18.3. The van der Waals surface area contributed by atoms with Crippen molar-refractivity contribution >= 4 is 23.4 Å².